The second-order valence-corrected chi connectivity index (χ2v) is 3.00. The van der Waals surface area contributed by atoms with Crippen molar-refractivity contribution in [2.24, 2.45) is 0 Å². The van der Waals surface area contributed by atoms with Gasteiger partial charge in [0.15, 0.2) is 0 Å². The van der Waals surface area contributed by atoms with Crippen LogP contribution in [0.5, 0.6) is 0 Å². The predicted molar refractivity (Wildman–Crippen MR) is 52.0 cm³/mol. The quantitative estimate of drug-likeness (QED) is 0.575. The third-order valence-corrected chi connectivity index (χ3v) is 2.10. The second kappa shape index (κ2) is 4.20. The lowest BCUT2D eigenvalue weighted by atomic mass is 10.2. The first-order valence-corrected chi connectivity index (χ1v) is 4.32. The Bertz CT molecular complexity index is 396. The zero-order chi connectivity index (χ0) is 11.6. The van der Waals surface area contributed by atoms with Crippen molar-refractivity contribution in [2.45, 2.75) is 6.92 Å². The van der Waals surface area contributed by atoms with Crippen LogP contribution in [-0.4, -0.2) is 18.5 Å². The molecule has 0 amide bonds. The summed E-state index contributed by atoms with van der Waals surface area (Å²) >= 11 is 0. The SMILES string of the molecule is CCN(C)c1c(F)ccc([N+](=O)[O-])c1F. The van der Waals surface area contributed by atoms with Crippen LogP contribution < -0.4 is 4.90 Å². The Labute approximate surface area is 85.3 Å². The van der Waals surface area contributed by atoms with Gasteiger partial charge in [-0.3, -0.25) is 10.1 Å². The number of anilines is 1. The molecule has 0 saturated carbocycles. The van der Waals surface area contributed by atoms with Crippen LogP contribution in [0.25, 0.3) is 0 Å². The van der Waals surface area contributed by atoms with Gasteiger partial charge < -0.3 is 4.90 Å². The molecule has 0 bridgehead atoms. The highest BCUT2D eigenvalue weighted by molar-refractivity contribution is 5.55. The van der Waals surface area contributed by atoms with E-state index >= 15 is 0 Å². The molecule has 0 saturated heterocycles. The smallest absolute Gasteiger partial charge is 0.307 e. The zero-order valence-corrected chi connectivity index (χ0v) is 8.33. The molecule has 1 aromatic carbocycles. The van der Waals surface area contributed by atoms with Crippen molar-refractivity contribution >= 4 is 11.4 Å². The van der Waals surface area contributed by atoms with Gasteiger partial charge in [-0.1, -0.05) is 0 Å². The van der Waals surface area contributed by atoms with E-state index in [2.05, 4.69) is 0 Å². The highest BCUT2D eigenvalue weighted by atomic mass is 19.1. The van der Waals surface area contributed by atoms with Gasteiger partial charge in [-0.15, -0.1) is 0 Å². The van der Waals surface area contributed by atoms with Gasteiger partial charge in [-0.2, -0.15) is 4.39 Å². The van der Waals surface area contributed by atoms with Gasteiger partial charge in [0.2, 0.25) is 5.82 Å². The fourth-order valence-electron chi connectivity index (χ4n) is 1.18. The van der Waals surface area contributed by atoms with E-state index in [1.807, 2.05) is 0 Å². The zero-order valence-electron chi connectivity index (χ0n) is 8.33. The monoisotopic (exact) mass is 216 g/mol. The van der Waals surface area contributed by atoms with E-state index in [9.17, 15) is 18.9 Å². The fraction of sp³-hybridized carbons (Fsp3) is 0.333. The molecular weight excluding hydrogens is 206 g/mol. The predicted octanol–water partition coefficient (Wildman–Crippen LogP) is 2.33. The first-order valence-electron chi connectivity index (χ1n) is 4.32. The Morgan fingerprint density at radius 1 is 1.47 bits per heavy atom. The summed E-state index contributed by atoms with van der Waals surface area (Å²) in [4.78, 5) is 10.8. The second-order valence-electron chi connectivity index (χ2n) is 3.00. The molecule has 0 heterocycles. The molecule has 0 aliphatic heterocycles. The van der Waals surface area contributed by atoms with Crippen molar-refractivity contribution < 1.29 is 13.7 Å². The van der Waals surface area contributed by atoms with Crippen LogP contribution in [0.2, 0.25) is 0 Å². The van der Waals surface area contributed by atoms with Gasteiger partial charge in [-0.05, 0) is 13.0 Å². The lowest BCUT2D eigenvalue weighted by Crippen LogP contribution is -2.19. The first kappa shape index (κ1) is 11.4. The number of halogens is 2. The molecule has 0 spiro atoms. The molecule has 0 aliphatic rings. The molecule has 1 rings (SSSR count). The molecule has 4 nitrogen and oxygen atoms in total. The van der Waals surface area contributed by atoms with Gasteiger partial charge in [0.25, 0.3) is 0 Å². The average Bonchev–Trinajstić information content (AvgIpc) is 2.16. The van der Waals surface area contributed by atoms with E-state index in [0.29, 0.717) is 6.54 Å². The largest absolute Gasteiger partial charge is 0.370 e. The van der Waals surface area contributed by atoms with E-state index in [1.54, 1.807) is 6.92 Å². The lowest BCUT2D eigenvalue weighted by Gasteiger charge is -2.17. The van der Waals surface area contributed by atoms with Crippen LogP contribution in [-0.2, 0) is 0 Å². The van der Waals surface area contributed by atoms with Crippen molar-refractivity contribution in [2.75, 3.05) is 18.5 Å². The standard InChI is InChI=1S/C9H10F2N2O2/c1-3-12(2)9-6(10)4-5-7(8(9)11)13(14)15/h4-5H,3H2,1-2H3. The third kappa shape index (κ3) is 2.03. The highest BCUT2D eigenvalue weighted by Gasteiger charge is 2.23. The van der Waals surface area contributed by atoms with Gasteiger partial charge >= 0.3 is 5.69 Å². The molecule has 1 aromatic rings. The number of nitrogens with zero attached hydrogens (tertiary/aromatic N) is 2. The Hall–Kier alpha value is -1.72. The maximum absolute atomic E-state index is 13.5. The van der Waals surface area contributed by atoms with Crippen molar-refractivity contribution in [3.8, 4) is 0 Å². The average molecular weight is 216 g/mol. The molecule has 0 radical (unpaired) electrons. The van der Waals surface area contributed by atoms with Crippen LogP contribution in [0.3, 0.4) is 0 Å². The molecule has 82 valence electrons. The Morgan fingerprint density at radius 3 is 2.53 bits per heavy atom. The van der Waals surface area contributed by atoms with Gasteiger partial charge in [0, 0.05) is 19.7 Å². The summed E-state index contributed by atoms with van der Waals surface area (Å²) in [5.41, 5.74) is -1.08. The minimum atomic E-state index is -1.13. The van der Waals surface area contributed by atoms with Gasteiger partial charge in [-0.25, -0.2) is 4.39 Å². The molecular formula is C9H10F2N2O2. The number of rotatable bonds is 3. The van der Waals surface area contributed by atoms with Gasteiger partial charge in [0.05, 0.1) is 4.92 Å². The molecule has 0 aliphatic carbocycles. The van der Waals surface area contributed by atoms with E-state index in [-0.39, 0.29) is 5.69 Å². The molecule has 0 atom stereocenters. The molecule has 6 heteroatoms. The maximum atomic E-state index is 13.5. The van der Waals surface area contributed by atoms with Crippen LogP contribution in [0.1, 0.15) is 6.92 Å². The van der Waals surface area contributed by atoms with Crippen molar-refractivity contribution in [1.29, 1.82) is 0 Å². The van der Waals surface area contributed by atoms with Crippen molar-refractivity contribution in [3.05, 3.63) is 33.9 Å². The molecule has 0 fully saturated rings. The number of nitro benzene ring substituents is 1. The Kier molecular flexibility index (Phi) is 3.18. The van der Waals surface area contributed by atoms with Crippen LogP contribution >= 0.6 is 0 Å². The number of benzene rings is 1. The summed E-state index contributed by atoms with van der Waals surface area (Å²) in [5, 5.41) is 10.4. The summed E-state index contributed by atoms with van der Waals surface area (Å²) < 4.78 is 26.7. The summed E-state index contributed by atoms with van der Waals surface area (Å²) in [6.45, 7) is 2.05. The molecule has 0 N–H and O–H groups in total. The topological polar surface area (TPSA) is 46.4 Å². The third-order valence-electron chi connectivity index (χ3n) is 2.10. The first-order chi connectivity index (χ1) is 6.99. The maximum Gasteiger partial charge on any atom is 0.307 e. The molecule has 0 aromatic heterocycles. The number of hydrogen-bond acceptors (Lipinski definition) is 3. The van der Waals surface area contributed by atoms with Gasteiger partial charge in [0.1, 0.15) is 11.5 Å². The molecule has 15 heavy (non-hydrogen) atoms. The number of hydrogen-bond donors (Lipinski definition) is 0. The van der Waals surface area contributed by atoms with Crippen molar-refractivity contribution in [1.82, 2.24) is 0 Å². The number of nitro groups is 1. The molecule has 0 unspecified atom stereocenters. The fourth-order valence-corrected chi connectivity index (χ4v) is 1.18. The lowest BCUT2D eigenvalue weighted by molar-refractivity contribution is -0.387. The minimum Gasteiger partial charge on any atom is -0.370 e. The van der Waals surface area contributed by atoms with E-state index in [4.69, 9.17) is 0 Å². The van der Waals surface area contributed by atoms with E-state index < -0.39 is 22.2 Å². The minimum absolute atomic E-state index is 0.356. The highest BCUT2D eigenvalue weighted by Crippen LogP contribution is 2.29. The summed E-state index contributed by atoms with van der Waals surface area (Å²) in [5.74, 6) is -1.94. The summed E-state index contributed by atoms with van der Waals surface area (Å²) in [6.07, 6.45) is 0. The van der Waals surface area contributed by atoms with Crippen LogP contribution in [0, 0.1) is 21.7 Å². The van der Waals surface area contributed by atoms with Crippen molar-refractivity contribution in [3.63, 3.8) is 0 Å². The normalized spacial score (nSPS) is 10.1. The van der Waals surface area contributed by atoms with Crippen LogP contribution in [0.15, 0.2) is 12.1 Å². The van der Waals surface area contributed by atoms with E-state index in [0.717, 1.165) is 12.1 Å². The van der Waals surface area contributed by atoms with E-state index in [1.165, 1.54) is 11.9 Å². The Balaban J connectivity index is 3.36. The van der Waals surface area contributed by atoms with Crippen LogP contribution in [0.4, 0.5) is 20.2 Å². The summed E-state index contributed by atoms with van der Waals surface area (Å²) in [7, 11) is 1.46. The Morgan fingerprint density at radius 2 is 2.07 bits per heavy atom. The summed E-state index contributed by atoms with van der Waals surface area (Å²) in [6, 6.07) is 1.71.